The highest BCUT2D eigenvalue weighted by atomic mass is 16.5. The van der Waals surface area contributed by atoms with Crippen molar-refractivity contribution in [2.45, 2.75) is 0 Å². The lowest BCUT2D eigenvalue weighted by molar-refractivity contribution is 0.0603. The van der Waals surface area contributed by atoms with E-state index in [0.717, 1.165) is 21.8 Å². The molecule has 3 aromatic rings. The van der Waals surface area contributed by atoms with Crippen LogP contribution in [0.5, 0.6) is 0 Å². The fourth-order valence-corrected chi connectivity index (χ4v) is 2.09. The molecule has 1 aromatic heterocycles. The number of carbonyl (C=O) groups is 1. The van der Waals surface area contributed by atoms with E-state index in [1.807, 2.05) is 42.5 Å². The Morgan fingerprint density at radius 1 is 1.06 bits per heavy atom. The Hall–Kier alpha value is -2.42. The van der Waals surface area contributed by atoms with Crippen LogP contribution in [0.25, 0.3) is 21.8 Å². The molecule has 1 heterocycles. The lowest BCUT2D eigenvalue weighted by atomic mass is 10.1. The first kappa shape index (κ1) is 10.7. The molecular formula is C15H11NO2. The van der Waals surface area contributed by atoms with Crippen LogP contribution in [0.3, 0.4) is 0 Å². The number of hydrogen-bond donors (Lipinski definition) is 0. The van der Waals surface area contributed by atoms with E-state index in [-0.39, 0.29) is 5.97 Å². The molecule has 0 aliphatic rings. The van der Waals surface area contributed by atoms with Crippen LogP contribution in [-0.2, 0) is 4.74 Å². The summed E-state index contributed by atoms with van der Waals surface area (Å²) in [6.07, 6.45) is 0. The van der Waals surface area contributed by atoms with Gasteiger partial charge in [0.25, 0.3) is 0 Å². The van der Waals surface area contributed by atoms with Crippen molar-refractivity contribution in [3.05, 3.63) is 54.1 Å². The Labute approximate surface area is 104 Å². The maximum absolute atomic E-state index is 11.7. The molecule has 0 unspecified atom stereocenters. The first-order valence-electron chi connectivity index (χ1n) is 5.66. The molecule has 88 valence electrons. The summed E-state index contributed by atoms with van der Waals surface area (Å²) < 4.78 is 4.79. The van der Waals surface area contributed by atoms with Gasteiger partial charge in [0, 0.05) is 10.8 Å². The van der Waals surface area contributed by atoms with Crippen LogP contribution in [0, 0.1) is 0 Å². The highest BCUT2D eigenvalue weighted by molar-refractivity contribution is 6.06. The summed E-state index contributed by atoms with van der Waals surface area (Å²) in [5.74, 6) is -0.335. The van der Waals surface area contributed by atoms with Crippen molar-refractivity contribution in [3.8, 4) is 0 Å². The van der Waals surface area contributed by atoms with Crippen molar-refractivity contribution < 1.29 is 9.53 Å². The van der Waals surface area contributed by atoms with Gasteiger partial charge in [-0.15, -0.1) is 0 Å². The van der Waals surface area contributed by atoms with Crippen molar-refractivity contribution in [1.29, 1.82) is 0 Å². The van der Waals surface area contributed by atoms with Crippen LogP contribution in [0.4, 0.5) is 0 Å². The van der Waals surface area contributed by atoms with E-state index in [4.69, 9.17) is 4.74 Å². The summed E-state index contributed by atoms with van der Waals surface area (Å²) in [6.45, 7) is 0. The Morgan fingerprint density at radius 2 is 1.83 bits per heavy atom. The van der Waals surface area contributed by atoms with E-state index in [9.17, 15) is 4.79 Å². The van der Waals surface area contributed by atoms with Crippen LogP contribution in [0.15, 0.2) is 48.5 Å². The summed E-state index contributed by atoms with van der Waals surface area (Å²) in [7, 11) is 1.38. The highest BCUT2D eigenvalue weighted by Crippen LogP contribution is 2.23. The molecular weight excluding hydrogens is 226 g/mol. The predicted octanol–water partition coefficient (Wildman–Crippen LogP) is 3.17. The van der Waals surface area contributed by atoms with Gasteiger partial charge in [0.15, 0.2) is 0 Å². The van der Waals surface area contributed by atoms with E-state index < -0.39 is 0 Å². The summed E-state index contributed by atoms with van der Waals surface area (Å²) >= 11 is 0. The standard InChI is InChI=1S/C15H11NO2/c1-18-15(17)11-6-4-8-14-12(11)9-10-5-2-3-7-13(10)16-14/h2-9H,1H3. The molecule has 3 heteroatoms. The molecule has 0 spiro atoms. The van der Waals surface area contributed by atoms with Crippen LogP contribution < -0.4 is 0 Å². The number of esters is 1. The number of ether oxygens (including phenoxy) is 1. The smallest absolute Gasteiger partial charge is 0.338 e. The van der Waals surface area contributed by atoms with E-state index in [2.05, 4.69) is 4.98 Å². The summed E-state index contributed by atoms with van der Waals surface area (Å²) in [6, 6.07) is 15.3. The topological polar surface area (TPSA) is 39.2 Å². The van der Waals surface area contributed by atoms with Crippen LogP contribution in [0.1, 0.15) is 10.4 Å². The van der Waals surface area contributed by atoms with Crippen molar-refractivity contribution in [2.75, 3.05) is 7.11 Å². The number of hydrogen-bond acceptors (Lipinski definition) is 3. The zero-order valence-electron chi connectivity index (χ0n) is 9.88. The average molecular weight is 237 g/mol. The Morgan fingerprint density at radius 3 is 2.67 bits per heavy atom. The van der Waals surface area contributed by atoms with Gasteiger partial charge < -0.3 is 4.74 Å². The second-order valence-corrected chi connectivity index (χ2v) is 4.04. The number of para-hydroxylation sites is 1. The van der Waals surface area contributed by atoms with Crippen LogP contribution in [-0.4, -0.2) is 18.1 Å². The number of methoxy groups -OCH3 is 1. The third-order valence-corrected chi connectivity index (χ3v) is 2.97. The molecule has 0 N–H and O–H groups in total. The average Bonchev–Trinajstić information content (AvgIpc) is 2.43. The maximum atomic E-state index is 11.7. The largest absolute Gasteiger partial charge is 0.465 e. The van der Waals surface area contributed by atoms with Gasteiger partial charge >= 0.3 is 5.97 Å². The quantitative estimate of drug-likeness (QED) is 0.482. The van der Waals surface area contributed by atoms with E-state index in [1.165, 1.54) is 7.11 Å². The Kier molecular flexibility index (Phi) is 2.45. The number of nitrogens with zero attached hydrogens (tertiary/aromatic N) is 1. The maximum Gasteiger partial charge on any atom is 0.338 e. The highest BCUT2D eigenvalue weighted by Gasteiger charge is 2.11. The molecule has 0 bridgehead atoms. The number of pyridine rings is 1. The van der Waals surface area contributed by atoms with Crippen molar-refractivity contribution in [1.82, 2.24) is 4.98 Å². The molecule has 2 aromatic carbocycles. The summed E-state index contributed by atoms with van der Waals surface area (Å²) in [5.41, 5.74) is 2.27. The van der Waals surface area contributed by atoms with Crippen LogP contribution >= 0.6 is 0 Å². The first-order valence-corrected chi connectivity index (χ1v) is 5.66. The van der Waals surface area contributed by atoms with E-state index in [0.29, 0.717) is 5.56 Å². The normalized spacial score (nSPS) is 10.7. The molecule has 0 amide bonds. The second-order valence-electron chi connectivity index (χ2n) is 4.04. The molecule has 0 fully saturated rings. The second kappa shape index (κ2) is 4.11. The molecule has 0 radical (unpaired) electrons. The number of benzene rings is 2. The molecule has 0 aliphatic heterocycles. The molecule has 3 rings (SSSR count). The molecule has 3 nitrogen and oxygen atoms in total. The minimum absolute atomic E-state index is 0.335. The summed E-state index contributed by atoms with van der Waals surface area (Å²) in [5, 5.41) is 1.84. The fourth-order valence-electron chi connectivity index (χ4n) is 2.09. The van der Waals surface area contributed by atoms with Crippen molar-refractivity contribution in [3.63, 3.8) is 0 Å². The first-order chi connectivity index (χ1) is 8.79. The fraction of sp³-hybridized carbons (Fsp3) is 0.0667. The zero-order chi connectivity index (χ0) is 12.5. The lowest BCUT2D eigenvalue weighted by Gasteiger charge is -2.05. The molecule has 0 saturated heterocycles. The summed E-state index contributed by atoms with van der Waals surface area (Å²) in [4.78, 5) is 16.3. The van der Waals surface area contributed by atoms with Gasteiger partial charge in [0.2, 0.25) is 0 Å². The SMILES string of the molecule is COC(=O)c1cccc2nc3ccccc3cc12. The number of carbonyl (C=O) groups excluding carboxylic acids is 1. The zero-order valence-corrected chi connectivity index (χ0v) is 9.88. The van der Waals surface area contributed by atoms with Gasteiger partial charge in [0.05, 0.1) is 23.7 Å². The third-order valence-electron chi connectivity index (χ3n) is 2.97. The van der Waals surface area contributed by atoms with Gasteiger partial charge in [-0.2, -0.15) is 0 Å². The monoisotopic (exact) mass is 237 g/mol. The van der Waals surface area contributed by atoms with Gasteiger partial charge in [-0.1, -0.05) is 24.3 Å². The van der Waals surface area contributed by atoms with Crippen LogP contribution in [0.2, 0.25) is 0 Å². The van der Waals surface area contributed by atoms with E-state index >= 15 is 0 Å². The molecule has 0 aliphatic carbocycles. The van der Waals surface area contributed by atoms with Gasteiger partial charge in [-0.25, -0.2) is 9.78 Å². The minimum atomic E-state index is -0.335. The molecule has 18 heavy (non-hydrogen) atoms. The predicted molar refractivity (Wildman–Crippen MR) is 70.6 cm³/mol. The Bertz CT molecular complexity index is 750. The molecule has 0 atom stereocenters. The lowest BCUT2D eigenvalue weighted by Crippen LogP contribution is -2.02. The van der Waals surface area contributed by atoms with Gasteiger partial charge in [-0.05, 0) is 24.3 Å². The number of aromatic nitrogens is 1. The molecule has 0 saturated carbocycles. The Balaban J connectivity index is 2.39. The van der Waals surface area contributed by atoms with Gasteiger partial charge in [0.1, 0.15) is 0 Å². The number of rotatable bonds is 1. The minimum Gasteiger partial charge on any atom is -0.465 e. The van der Waals surface area contributed by atoms with Gasteiger partial charge in [-0.3, -0.25) is 0 Å². The third kappa shape index (κ3) is 1.61. The number of fused-ring (bicyclic) bond motifs is 2. The van der Waals surface area contributed by atoms with E-state index in [1.54, 1.807) is 6.07 Å². The van der Waals surface area contributed by atoms with Crippen molar-refractivity contribution in [2.24, 2.45) is 0 Å². The van der Waals surface area contributed by atoms with Crippen molar-refractivity contribution >= 4 is 27.8 Å².